The highest BCUT2D eigenvalue weighted by molar-refractivity contribution is 7.10. The van der Waals surface area contributed by atoms with Gasteiger partial charge in [-0.05, 0) is 30.2 Å². The summed E-state index contributed by atoms with van der Waals surface area (Å²) < 4.78 is 0. The van der Waals surface area contributed by atoms with E-state index in [0.29, 0.717) is 0 Å². The first-order chi connectivity index (χ1) is 9.86. The van der Waals surface area contributed by atoms with Crippen LogP contribution in [0, 0.1) is 5.41 Å². The minimum Gasteiger partial charge on any atom is -0.317 e. The number of carbonyl (C=O) groups excluding carboxylic acids is 1. The number of amides is 1. The maximum absolute atomic E-state index is 12.9. The highest BCUT2D eigenvalue weighted by atomic mass is 32.1. The number of rotatable bonds is 5. The van der Waals surface area contributed by atoms with Gasteiger partial charge in [0.2, 0.25) is 5.91 Å². The monoisotopic (exact) mass is 308 g/mol. The molecule has 3 nitrogen and oxygen atoms in total. The summed E-state index contributed by atoms with van der Waals surface area (Å²) in [4.78, 5) is 16.2. The van der Waals surface area contributed by atoms with Crippen molar-refractivity contribution in [3.8, 4) is 0 Å². The van der Waals surface area contributed by atoms with Crippen molar-refractivity contribution in [2.75, 3.05) is 0 Å². The first-order valence-electron chi connectivity index (χ1n) is 7.98. The Kier molecular flexibility index (Phi) is 5.10. The molecule has 118 valence electrons. The Morgan fingerprint density at radius 2 is 2.14 bits per heavy atom. The minimum absolute atomic E-state index is 0.0261. The second kappa shape index (κ2) is 6.49. The van der Waals surface area contributed by atoms with Crippen molar-refractivity contribution in [2.24, 2.45) is 5.41 Å². The van der Waals surface area contributed by atoms with Gasteiger partial charge in [0.25, 0.3) is 0 Å². The largest absolute Gasteiger partial charge is 0.317 e. The van der Waals surface area contributed by atoms with Crippen LogP contribution in [0.2, 0.25) is 0 Å². The van der Waals surface area contributed by atoms with Gasteiger partial charge in [-0.25, -0.2) is 0 Å². The van der Waals surface area contributed by atoms with Crippen LogP contribution in [0.15, 0.2) is 17.5 Å². The number of hydrogen-bond acceptors (Lipinski definition) is 3. The molecule has 0 radical (unpaired) electrons. The number of nitrogens with one attached hydrogen (secondary N) is 1. The van der Waals surface area contributed by atoms with E-state index >= 15 is 0 Å². The van der Waals surface area contributed by atoms with E-state index in [1.807, 2.05) is 0 Å². The summed E-state index contributed by atoms with van der Waals surface area (Å²) >= 11 is 1.72. The van der Waals surface area contributed by atoms with E-state index in [2.05, 4.69) is 62.3 Å². The second-order valence-corrected chi connectivity index (χ2v) is 8.05. The Balaban J connectivity index is 2.26. The van der Waals surface area contributed by atoms with Gasteiger partial charge in [0.1, 0.15) is 6.17 Å². The fourth-order valence-electron chi connectivity index (χ4n) is 2.76. The van der Waals surface area contributed by atoms with Crippen molar-refractivity contribution in [3.05, 3.63) is 22.4 Å². The fraction of sp³-hybridized carbons (Fsp3) is 0.706. The van der Waals surface area contributed by atoms with Crippen LogP contribution in [0.1, 0.15) is 64.9 Å². The van der Waals surface area contributed by atoms with Crippen molar-refractivity contribution in [3.63, 3.8) is 0 Å². The predicted octanol–water partition coefficient (Wildman–Crippen LogP) is 4.17. The molecule has 1 aromatic rings. The third-order valence-electron chi connectivity index (χ3n) is 4.52. The smallest absolute Gasteiger partial charge is 0.241 e. The van der Waals surface area contributed by atoms with E-state index in [9.17, 15) is 4.79 Å². The van der Waals surface area contributed by atoms with Crippen LogP contribution in [0.4, 0.5) is 0 Å². The molecule has 0 aromatic carbocycles. The Morgan fingerprint density at radius 3 is 2.67 bits per heavy atom. The lowest BCUT2D eigenvalue weighted by Crippen LogP contribution is -2.45. The quantitative estimate of drug-likeness (QED) is 0.885. The molecule has 0 spiro atoms. The standard InChI is InChI=1S/C17H28N2OS/c1-6-7-9-13-16(20)19(12(2)17(3,4)5)15(18-13)14-10-8-11-21-14/h8,10-13,15,18H,6-7,9H2,1-5H3. The van der Waals surface area contributed by atoms with Crippen molar-refractivity contribution in [1.29, 1.82) is 0 Å². The molecule has 1 amide bonds. The second-order valence-electron chi connectivity index (χ2n) is 7.07. The summed E-state index contributed by atoms with van der Waals surface area (Å²) in [5.41, 5.74) is 0.0759. The lowest BCUT2D eigenvalue weighted by molar-refractivity contribution is -0.134. The zero-order valence-electron chi connectivity index (χ0n) is 13.8. The number of thiophene rings is 1. The van der Waals surface area contributed by atoms with Crippen molar-refractivity contribution in [1.82, 2.24) is 10.2 Å². The van der Waals surface area contributed by atoms with E-state index < -0.39 is 0 Å². The molecule has 0 saturated carbocycles. The van der Waals surface area contributed by atoms with Gasteiger partial charge >= 0.3 is 0 Å². The minimum atomic E-state index is -0.0261. The maximum Gasteiger partial charge on any atom is 0.241 e. The van der Waals surface area contributed by atoms with Crippen LogP contribution in [0.5, 0.6) is 0 Å². The van der Waals surface area contributed by atoms with Crippen LogP contribution in [-0.2, 0) is 4.79 Å². The summed E-state index contributed by atoms with van der Waals surface area (Å²) in [6.45, 7) is 11.0. The lowest BCUT2D eigenvalue weighted by Gasteiger charge is -2.38. The van der Waals surface area contributed by atoms with E-state index in [0.717, 1.165) is 19.3 Å². The highest BCUT2D eigenvalue weighted by Crippen LogP contribution is 2.36. The number of unbranched alkanes of at least 4 members (excludes halogenated alkanes) is 1. The third kappa shape index (κ3) is 3.49. The molecule has 1 fully saturated rings. The summed E-state index contributed by atoms with van der Waals surface area (Å²) in [6, 6.07) is 4.36. The molecule has 1 saturated heterocycles. The number of hydrogen-bond donors (Lipinski definition) is 1. The molecule has 0 aliphatic carbocycles. The molecule has 3 atom stereocenters. The molecule has 21 heavy (non-hydrogen) atoms. The molecule has 0 bridgehead atoms. The average Bonchev–Trinajstić information content (AvgIpc) is 3.02. The Labute approximate surface area is 132 Å². The van der Waals surface area contributed by atoms with Crippen LogP contribution in [-0.4, -0.2) is 22.9 Å². The summed E-state index contributed by atoms with van der Waals surface area (Å²) in [5, 5.41) is 5.65. The molecule has 1 aliphatic rings. The van der Waals surface area contributed by atoms with Gasteiger partial charge in [0.15, 0.2) is 0 Å². The van der Waals surface area contributed by atoms with Gasteiger partial charge in [-0.3, -0.25) is 10.1 Å². The van der Waals surface area contributed by atoms with Gasteiger partial charge < -0.3 is 4.90 Å². The number of nitrogens with zero attached hydrogens (tertiary/aromatic N) is 1. The molecule has 1 aromatic heterocycles. The highest BCUT2D eigenvalue weighted by Gasteiger charge is 2.44. The summed E-state index contributed by atoms with van der Waals surface area (Å²) in [6.07, 6.45) is 3.20. The molecule has 4 heteroatoms. The normalized spacial score (nSPS) is 24.6. The molecule has 2 rings (SSSR count). The van der Waals surface area contributed by atoms with Gasteiger partial charge in [-0.15, -0.1) is 11.3 Å². The first-order valence-corrected chi connectivity index (χ1v) is 8.86. The van der Waals surface area contributed by atoms with Crippen molar-refractivity contribution >= 4 is 17.2 Å². The molecular weight excluding hydrogens is 280 g/mol. The van der Waals surface area contributed by atoms with Crippen molar-refractivity contribution < 1.29 is 4.79 Å². The van der Waals surface area contributed by atoms with Gasteiger partial charge in [0.05, 0.1) is 6.04 Å². The van der Waals surface area contributed by atoms with Gasteiger partial charge in [-0.2, -0.15) is 0 Å². The van der Waals surface area contributed by atoms with E-state index in [1.165, 1.54) is 4.88 Å². The van der Waals surface area contributed by atoms with Gasteiger partial charge in [0, 0.05) is 10.9 Å². The Bertz CT molecular complexity index is 464. The van der Waals surface area contributed by atoms with Crippen LogP contribution in [0.25, 0.3) is 0 Å². The van der Waals surface area contributed by atoms with Crippen LogP contribution in [0.3, 0.4) is 0 Å². The van der Waals surface area contributed by atoms with E-state index in [4.69, 9.17) is 0 Å². The van der Waals surface area contributed by atoms with Crippen LogP contribution < -0.4 is 5.32 Å². The molecular formula is C17H28N2OS. The van der Waals surface area contributed by atoms with Crippen molar-refractivity contribution in [2.45, 2.75) is 72.1 Å². The maximum atomic E-state index is 12.9. The Hall–Kier alpha value is -0.870. The van der Waals surface area contributed by atoms with E-state index in [1.54, 1.807) is 11.3 Å². The SMILES string of the molecule is CCCCC1NC(c2cccs2)N(C(C)C(C)(C)C)C1=O. The zero-order chi connectivity index (χ0) is 15.6. The topological polar surface area (TPSA) is 32.3 Å². The lowest BCUT2D eigenvalue weighted by atomic mass is 9.86. The summed E-state index contributed by atoms with van der Waals surface area (Å²) in [5.74, 6) is 0.268. The fourth-order valence-corrected chi connectivity index (χ4v) is 3.54. The summed E-state index contributed by atoms with van der Waals surface area (Å²) in [7, 11) is 0. The number of carbonyl (C=O) groups is 1. The Morgan fingerprint density at radius 1 is 1.43 bits per heavy atom. The molecule has 1 N–H and O–H groups in total. The molecule has 1 aliphatic heterocycles. The third-order valence-corrected chi connectivity index (χ3v) is 5.44. The van der Waals surface area contributed by atoms with Crippen LogP contribution >= 0.6 is 11.3 Å². The van der Waals surface area contributed by atoms with Gasteiger partial charge in [-0.1, -0.05) is 46.6 Å². The first kappa shape index (κ1) is 16.5. The average molecular weight is 308 g/mol. The van der Waals surface area contributed by atoms with E-state index in [-0.39, 0.29) is 29.6 Å². The molecule has 3 unspecified atom stereocenters. The molecule has 2 heterocycles. The zero-order valence-corrected chi connectivity index (χ0v) is 14.7. The predicted molar refractivity (Wildman–Crippen MR) is 89.3 cm³/mol.